The highest BCUT2D eigenvalue weighted by atomic mass is 16.1. The summed E-state index contributed by atoms with van der Waals surface area (Å²) in [6, 6.07) is 17.8. The van der Waals surface area contributed by atoms with Gasteiger partial charge in [0.25, 0.3) is 0 Å². The molecule has 0 saturated heterocycles. The minimum Gasteiger partial charge on any atom is -0.371 e. The first-order valence-corrected chi connectivity index (χ1v) is 10.0. The van der Waals surface area contributed by atoms with Crippen LogP contribution in [0.25, 0.3) is 0 Å². The van der Waals surface area contributed by atoms with Crippen molar-refractivity contribution >= 4 is 11.6 Å². The van der Waals surface area contributed by atoms with E-state index in [4.69, 9.17) is 0 Å². The molecule has 3 atom stereocenters. The number of amides is 1. The molecule has 0 aromatic heterocycles. The molecule has 0 spiro atoms. The molecule has 2 aromatic rings. The van der Waals surface area contributed by atoms with E-state index < -0.39 is 0 Å². The van der Waals surface area contributed by atoms with Gasteiger partial charge in [-0.15, -0.1) is 0 Å². The van der Waals surface area contributed by atoms with Crippen LogP contribution in [0.5, 0.6) is 0 Å². The zero-order valence-corrected chi connectivity index (χ0v) is 15.2. The Morgan fingerprint density at radius 3 is 2.77 bits per heavy atom. The highest BCUT2D eigenvalue weighted by Crippen LogP contribution is 2.54. The summed E-state index contributed by atoms with van der Waals surface area (Å²) in [7, 11) is 0. The Hall–Kier alpha value is -2.29. The van der Waals surface area contributed by atoms with Crippen molar-refractivity contribution in [3.8, 4) is 0 Å². The third kappa shape index (κ3) is 2.80. The van der Waals surface area contributed by atoms with Crippen molar-refractivity contribution in [2.75, 3.05) is 18.0 Å². The minimum atomic E-state index is 0.231. The first-order valence-electron chi connectivity index (χ1n) is 10.0. The van der Waals surface area contributed by atoms with Crippen LogP contribution in [-0.2, 0) is 17.6 Å². The number of benzene rings is 2. The number of carbonyl (C=O) groups excluding carboxylic acids is 1. The van der Waals surface area contributed by atoms with Gasteiger partial charge in [0.05, 0.1) is 0 Å². The molecule has 26 heavy (non-hydrogen) atoms. The molecule has 5 rings (SSSR count). The second-order valence-corrected chi connectivity index (χ2v) is 7.99. The summed E-state index contributed by atoms with van der Waals surface area (Å²) in [5, 5.41) is 3.32. The number of hydrogen-bond donors (Lipinski definition) is 1. The molecule has 1 fully saturated rings. The number of carbonyl (C=O) groups is 1. The van der Waals surface area contributed by atoms with E-state index in [1.807, 2.05) is 0 Å². The molecule has 2 aliphatic carbocycles. The lowest BCUT2D eigenvalue weighted by molar-refractivity contribution is -0.121. The van der Waals surface area contributed by atoms with Gasteiger partial charge in [0.2, 0.25) is 5.91 Å². The van der Waals surface area contributed by atoms with Gasteiger partial charge in [-0.2, -0.15) is 0 Å². The van der Waals surface area contributed by atoms with Gasteiger partial charge in [0.1, 0.15) is 0 Å². The SMILES string of the molecule is O=C(CCCN1CCc2ccccc21)N[C@@H]1[C@H]2CCc3ccccc3[C@@H]21. The zero-order valence-electron chi connectivity index (χ0n) is 15.2. The smallest absolute Gasteiger partial charge is 0.220 e. The predicted molar refractivity (Wildman–Crippen MR) is 105 cm³/mol. The molecule has 0 radical (unpaired) electrons. The van der Waals surface area contributed by atoms with Crippen molar-refractivity contribution in [3.63, 3.8) is 0 Å². The van der Waals surface area contributed by atoms with Crippen molar-refractivity contribution in [2.24, 2.45) is 5.92 Å². The average Bonchev–Trinajstić information content (AvgIpc) is 3.22. The third-order valence-corrected chi connectivity index (χ3v) is 6.47. The van der Waals surface area contributed by atoms with Crippen molar-refractivity contribution < 1.29 is 4.79 Å². The van der Waals surface area contributed by atoms with E-state index in [1.54, 1.807) is 0 Å². The Balaban J connectivity index is 1.12. The number of hydrogen-bond acceptors (Lipinski definition) is 2. The number of rotatable bonds is 5. The predicted octanol–water partition coefficient (Wildman–Crippen LogP) is 3.67. The fraction of sp³-hybridized carbons (Fsp3) is 0.435. The van der Waals surface area contributed by atoms with Crippen LogP contribution >= 0.6 is 0 Å². The zero-order chi connectivity index (χ0) is 17.5. The van der Waals surface area contributed by atoms with E-state index in [1.165, 1.54) is 28.8 Å². The molecule has 3 nitrogen and oxygen atoms in total. The second-order valence-electron chi connectivity index (χ2n) is 7.99. The Labute approximate surface area is 155 Å². The molecule has 1 heterocycles. The van der Waals surface area contributed by atoms with Crippen LogP contribution in [0.4, 0.5) is 5.69 Å². The number of fused-ring (bicyclic) bond motifs is 4. The number of aryl methyl sites for hydroxylation is 1. The van der Waals surface area contributed by atoms with Gasteiger partial charge in [0.15, 0.2) is 0 Å². The Kier molecular flexibility index (Phi) is 3.96. The lowest BCUT2D eigenvalue weighted by Crippen LogP contribution is -2.29. The van der Waals surface area contributed by atoms with Crippen LogP contribution in [0.15, 0.2) is 48.5 Å². The van der Waals surface area contributed by atoms with Gasteiger partial charge in [-0.3, -0.25) is 4.79 Å². The number of nitrogens with zero attached hydrogens (tertiary/aromatic N) is 1. The van der Waals surface area contributed by atoms with Gasteiger partial charge >= 0.3 is 0 Å². The standard InChI is InChI=1S/C23H26N2O/c26-21(10-5-14-25-15-13-17-7-2-4-9-20(17)25)24-23-19-12-11-16-6-1-3-8-18(16)22(19)23/h1-4,6-9,19,22-23H,5,10-15H2,(H,24,26)/t19-,22-,23+/m0/s1. The van der Waals surface area contributed by atoms with Crippen LogP contribution in [0, 0.1) is 5.92 Å². The summed E-state index contributed by atoms with van der Waals surface area (Å²) in [5.74, 6) is 1.46. The van der Waals surface area contributed by atoms with E-state index in [2.05, 4.69) is 58.7 Å². The first-order chi connectivity index (χ1) is 12.8. The van der Waals surface area contributed by atoms with Crippen molar-refractivity contribution in [1.29, 1.82) is 0 Å². The van der Waals surface area contributed by atoms with Crippen molar-refractivity contribution in [1.82, 2.24) is 5.32 Å². The molecule has 134 valence electrons. The molecular formula is C23H26N2O. The largest absolute Gasteiger partial charge is 0.371 e. The van der Waals surface area contributed by atoms with E-state index >= 15 is 0 Å². The molecule has 0 unspecified atom stereocenters. The summed E-state index contributed by atoms with van der Waals surface area (Å²) in [4.78, 5) is 14.9. The molecule has 2 aromatic carbocycles. The number of nitrogens with one attached hydrogen (secondary N) is 1. The highest BCUT2D eigenvalue weighted by Gasteiger charge is 2.53. The summed E-state index contributed by atoms with van der Waals surface area (Å²) >= 11 is 0. The Morgan fingerprint density at radius 2 is 1.85 bits per heavy atom. The van der Waals surface area contributed by atoms with Gasteiger partial charge < -0.3 is 10.2 Å². The van der Waals surface area contributed by atoms with Gasteiger partial charge in [-0.25, -0.2) is 0 Å². The third-order valence-electron chi connectivity index (χ3n) is 6.47. The summed E-state index contributed by atoms with van der Waals surface area (Å²) < 4.78 is 0. The number of anilines is 1. The molecule has 3 aliphatic rings. The molecule has 1 saturated carbocycles. The lowest BCUT2D eigenvalue weighted by atomic mass is 9.92. The second kappa shape index (κ2) is 6.46. The molecular weight excluding hydrogens is 320 g/mol. The van der Waals surface area contributed by atoms with Crippen LogP contribution in [0.2, 0.25) is 0 Å². The van der Waals surface area contributed by atoms with E-state index in [0.717, 1.165) is 32.4 Å². The molecule has 1 aliphatic heterocycles. The quantitative estimate of drug-likeness (QED) is 0.896. The first kappa shape index (κ1) is 15.9. The molecule has 0 bridgehead atoms. The normalized spacial score (nSPS) is 25.2. The highest BCUT2D eigenvalue weighted by molar-refractivity contribution is 5.77. The van der Waals surface area contributed by atoms with E-state index in [9.17, 15) is 4.79 Å². The van der Waals surface area contributed by atoms with Crippen LogP contribution in [0.1, 0.15) is 41.9 Å². The summed E-state index contributed by atoms with van der Waals surface area (Å²) in [6.45, 7) is 2.06. The number of para-hydroxylation sites is 1. The molecule has 3 heteroatoms. The maximum atomic E-state index is 12.4. The van der Waals surface area contributed by atoms with Gasteiger partial charge in [-0.1, -0.05) is 42.5 Å². The van der Waals surface area contributed by atoms with Crippen LogP contribution in [0.3, 0.4) is 0 Å². The monoisotopic (exact) mass is 346 g/mol. The molecule has 1 N–H and O–H groups in total. The van der Waals surface area contributed by atoms with E-state index in [0.29, 0.717) is 24.3 Å². The lowest BCUT2D eigenvalue weighted by Gasteiger charge is -2.19. The minimum absolute atomic E-state index is 0.231. The van der Waals surface area contributed by atoms with E-state index in [-0.39, 0.29) is 5.91 Å². The van der Waals surface area contributed by atoms with Crippen molar-refractivity contribution in [3.05, 3.63) is 65.2 Å². The summed E-state index contributed by atoms with van der Waals surface area (Å²) in [6.07, 6.45) is 5.08. The fourth-order valence-electron chi connectivity index (χ4n) is 5.09. The van der Waals surface area contributed by atoms with Crippen LogP contribution in [-0.4, -0.2) is 25.0 Å². The summed E-state index contributed by atoms with van der Waals surface area (Å²) in [5.41, 5.74) is 5.76. The average molecular weight is 346 g/mol. The Morgan fingerprint density at radius 1 is 1.04 bits per heavy atom. The van der Waals surface area contributed by atoms with Crippen LogP contribution < -0.4 is 10.2 Å². The maximum Gasteiger partial charge on any atom is 0.220 e. The van der Waals surface area contributed by atoms with Crippen molar-refractivity contribution in [2.45, 2.75) is 44.1 Å². The topological polar surface area (TPSA) is 32.3 Å². The van der Waals surface area contributed by atoms with Gasteiger partial charge in [0, 0.05) is 37.2 Å². The Bertz CT molecular complexity index is 830. The maximum absolute atomic E-state index is 12.4. The fourth-order valence-corrected chi connectivity index (χ4v) is 5.09. The molecule has 1 amide bonds. The van der Waals surface area contributed by atoms with Gasteiger partial charge in [-0.05, 0) is 54.4 Å².